The van der Waals surface area contributed by atoms with Crippen LogP contribution in [0.4, 0.5) is 5.69 Å². The van der Waals surface area contributed by atoms with Crippen LogP contribution in [0.1, 0.15) is 18.5 Å². The molecule has 0 radical (unpaired) electrons. The van der Waals surface area contributed by atoms with E-state index in [0.717, 1.165) is 5.69 Å². The number of anilines is 1. The number of nitrogens with zero attached hydrogens (tertiary/aromatic N) is 1. The molecule has 100 valence electrons. The van der Waals surface area contributed by atoms with Crippen molar-refractivity contribution in [2.45, 2.75) is 13.0 Å². The first kappa shape index (κ1) is 12.9. The van der Waals surface area contributed by atoms with Crippen molar-refractivity contribution >= 4 is 28.1 Å². The Morgan fingerprint density at radius 1 is 1.05 bits per heavy atom. The van der Waals surface area contributed by atoms with Crippen molar-refractivity contribution in [2.24, 2.45) is 0 Å². The van der Waals surface area contributed by atoms with Gasteiger partial charge in [-0.25, -0.2) is 0 Å². The van der Waals surface area contributed by atoms with E-state index in [0.29, 0.717) is 5.02 Å². The third-order valence-corrected chi connectivity index (χ3v) is 3.74. The fourth-order valence-corrected chi connectivity index (χ4v) is 2.44. The topological polar surface area (TPSA) is 24.9 Å². The molecule has 1 heterocycles. The Bertz CT molecular complexity index is 740. The summed E-state index contributed by atoms with van der Waals surface area (Å²) in [6.07, 6.45) is 3.44. The summed E-state index contributed by atoms with van der Waals surface area (Å²) in [4.78, 5) is 4.10. The number of nitrogens with one attached hydrogen (secondary N) is 1. The first-order chi connectivity index (χ1) is 9.74. The molecule has 0 saturated carbocycles. The molecule has 1 atom stereocenters. The third-order valence-electron chi connectivity index (χ3n) is 3.41. The number of pyridine rings is 1. The second-order valence-electron chi connectivity index (χ2n) is 4.83. The van der Waals surface area contributed by atoms with Gasteiger partial charge in [0.25, 0.3) is 0 Å². The molecule has 0 aliphatic rings. The fraction of sp³-hybridized carbons (Fsp3) is 0.118. The van der Waals surface area contributed by atoms with Crippen molar-refractivity contribution in [2.75, 3.05) is 5.32 Å². The van der Waals surface area contributed by atoms with E-state index < -0.39 is 0 Å². The maximum atomic E-state index is 6.15. The van der Waals surface area contributed by atoms with Crippen LogP contribution in [0.25, 0.3) is 10.8 Å². The zero-order valence-corrected chi connectivity index (χ0v) is 11.9. The maximum Gasteiger partial charge on any atom is 0.0720 e. The molecule has 1 aromatic heterocycles. The predicted molar refractivity (Wildman–Crippen MR) is 85.2 cm³/mol. The summed E-state index contributed by atoms with van der Waals surface area (Å²) >= 11 is 6.15. The molecule has 0 fully saturated rings. The van der Waals surface area contributed by atoms with Crippen LogP contribution in [0.5, 0.6) is 0 Å². The van der Waals surface area contributed by atoms with Gasteiger partial charge in [0.05, 0.1) is 16.9 Å². The Hall–Kier alpha value is -2.06. The minimum absolute atomic E-state index is 0.168. The van der Waals surface area contributed by atoms with E-state index in [-0.39, 0.29) is 6.04 Å². The monoisotopic (exact) mass is 282 g/mol. The third kappa shape index (κ3) is 2.61. The normalized spacial score (nSPS) is 12.3. The number of fused-ring (bicyclic) bond motifs is 1. The van der Waals surface area contributed by atoms with Crippen LogP contribution in [0.3, 0.4) is 0 Å². The van der Waals surface area contributed by atoms with Gasteiger partial charge in [0, 0.05) is 12.2 Å². The van der Waals surface area contributed by atoms with E-state index in [1.807, 2.05) is 0 Å². The number of hydrogen-bond donors (Lipinski definition) is 1. The summed E-state index contributed by atoms with van der Waals surface area (Å²) in [5.74, 6) is 0. The van der Waals surface area contributed by atoms with Crippen molar-refractivity contribution in [3.05, 3.63) is 71.5 Å². The zero-order chi connectivity index (χ0) is 13.9. The van der Waals surface area contributed by atoms with Gasteiger partial charge in [-0.05, 0) is 35.4 Å². The van der Waals surface area contributed by atoms with E-state index in [2.05, 4.69) is 59.7 Å². The van der Waals surface area contributed by atoms with Gasteiger partial charge in [0.1, 0.15) is 0 Å². The van der Waals surface area contributed by atoms with E-state index in [9.17, 15) is 0 Å². The van der Waals surface area contributed by atoms with Gasteiger partial charge < -0.3 is 5.32 Å². The highest BCUT2D eigenvalue weighted by Crippen LogP contribution is 2.26. The molecule has 20 heavy (non-hydrogen) atoms. The lowest BCUT2D eigenvalue weighted by molar-refractivity contribution is 0.885. The molecule has 0 bridgehead atoms. The molecule has 0 aliphatic heterocycles. The van der Waals surface area contributed by atoms with Crippen LogP contribution in [-0.4, -0.2) is 4.98 Å². The van der Waals surface area contributed by atoms with Gasteiger partial charge in [0.2, 0.25) is 0 Å². The SMILES string of the molecule is CC(Nc1cnccc1Cl)c1ccc2ccccc2c1. The van der Waals surface area contributed by atoms with Gasteiger partial charge >= 0.3 is 0 Å². The predicted octanol–water partition coefficient (Wildman–Crippen LogP) is 5.06. The Morgan fingerprint density at radius 3 is 2.65 bits per heavy atom. The second kappa shape index (κ2) is 5.51. The Morgan fingerprint density at radius 2 is 1.85 bits per heavy atom. The Labute approximate surface area is 123 Å². The van der Waals surface area contributed by atoms with Gasteiger partial charge in [-0.15, -0.1) is 0 Å². The van der Waals surface area contributed by atoms with Crippen LogP contribution in [0.15, 0.2) is 60.9 Å². The summed E-state index contributed by atoms with van der Waals surface area (Å²) in [5, 5.41) is 6.58. The lowest BCUT2D eigenvalue weighted by Gasteiger charge is -2.17. The molecule has 2 aromatic carbocycles. The Balaban J connectivity index is 1.89. The summed E-state index contributed by atoms with van der Waals surface area (Å²) in [6.45, 7) is 2.12. The first-order valence-corrected chi connectivity index (χ1v) is 6.96. The molecule has 0 amide bonds. The second-order valence-corrected chi connectivity index (χ2v) is 5.24. The molecule has 0 saturated heterocycles. The minimum atomic E-state index is 0.168. The van der Waals surface area contributed by atoms with Crippen LogP contribution < -0.4 is 5.32 Å². The quantitative estimate of drug-likeness (QED) is 0.726. The van der Waals surface area contributed by atoms with Crippen molar-refractivity contribution in [3.63, 3.8) is 0 Å². The van der Waals surface area contributed by atoms with Crippen LogP contribution in [-0.2, 0) is 0 Å². The highest BCUT2D eigenvalue weighted by molar-refractivity contribution is 6.33. The zero-order valence-electron chi connectivity index (χ0n) is 11.2. The van der Waals surface area contributed by atoms with E-state index in [1.165, 1.54) is 16.3 Å². The van der Waals surface area contributed by atoms with Crippen molar-refractivity contribution in [3.8, 4) is 0 Å². The summed E-state index contributed by atoms with van der Waals surface area (Å²) in [7, 11) is 0. The molecule has 1 unspecified atom stereocenters. The van der Waals surface area contributed by atoms with Crippen molar-refractivity contribution < 1.29 is 0 Å². The molecular formula is C17H15ClN2. The van der Waals surface area contributed by atoms with Crippen molar-refractivity contribution in [1.82, 2.24) is 4.98 Å². The van der Waals surface area contributed by atoms with E-state index in [4.69, 9.17) is 11.6 Å². The number of halogens is 1. The molecule has 3 rings (SSSR count). The number of aromatic nitrogens is 1. The fourth-order valence-electron chi connectivity index (χ4n) is 2.28. The summed E-state index contributed by atoms with van der Waals surface area (Å²) in [6, 6.07) is 16.8. The first-order valence-electron chi connectivity index (χ1n) is 6.59. The smallest absolute Gasteiger partial charge is 0.0720 e. The van der Waals surface area contributed by atoms with E-state index >= 15 is 0 Å². The van der Waals surface area contributed by atoms with Gasteiger partial charge in [-0.2, -0.15) is 0 Å². The number of benzene rings is 2. The molecule has 0 aliphatic carbocycles. The van der Waals surface area contributed by atoms with Gasteiger partial charge in [-0.3, -0.25) is 4.98 Å². The molecule has 3 aromatic rings. The van der Waals surface area contributed by atoms with E-state index in [1.54, 1.807) is 18.5 Å². The van der Waals surface area contributed by atoms with Crippen LogP contribution in [0.2, 0.25) is 5.02 Å². The van der Waals surface area contributed by atoms with Gasteiger partial charge in [0.15, 0.2) is 0 Å². The van der Waals surface area contributed by atoms with Crippen LogP contribution in [0, 0.1) is 0 Å². The lowest BCUT2D eigenvalue weighted by Crippen LogP contribution is -2.07. The highest BCUT2D eigenvalue weighted by Gasteiger charge is 2.08. The highest BCUT2D eigenvalue weighted by atomic mass is 35.5. The lowest BCUT2D eigenvalue weighted by atomic mass is 10.0. The average Bonchev–Trinajstić information content (AvgIpc) is 2.49. The van der Waals surface area contributed by atoms with Crippen LogP contribution >= 0.6 is 11.6 Å². The number of rotatable bonds is 3. The molecule has 2 nitrogen and oxygen atoms in total. The molecule has 1 N–H and O–H groups in total. The standard InChI is InChI=1S/C17H15ClN2/c1-12(20-17-11-19-9-8-16(17)18)14-7-6-13-4-2-3-5-15(13)10-14/h2-12,20H,1H3. The Kier molecular flexibility index (Phi) is 3.57. The van der Waals surface area contributed by atoms with Crippen molar-refractivity contribution in [1.29, 1.82) is 0 Å². The molecule has 0 spiro atoms. The molecule has 3 heteroatoms. The summed E-state index contributed by atoms with van der Waals surface area (Å²) in [5.41, 5.74) is 2.08. The number of hydrogen-bond acceptors (Lipinski definition) is 2. The molecular weight excluding hydrogens is 268 g/mol. The minimum Gasteiger partial charge on any atom is -0.376 e. The average molecular weight is 283 g/mol. The maximum absolute atomic E-state index is 6.15. The van der Waals surface area contributed by atoms with Gasteiger partial charge in [-0.1, -0.05) is 48.0 Å². The largest absolute Gasteiger partial charge is 0.376 e. The summed E-state index contributed by atoms with van der Waals surface area (Å²) < 4.78 is 0.